The van der Waals surface area contributed by atoms with E-state index < -0.39 is 0 Å². The predicted molar refractivity (Wildman–Crippen MR) is 108 cm³/mol. The average molecular weight is 360 g/mol. The number of aldehydes is 1. The number of para-hydroxylation sites is 1. The molecule has 0 radical (unpaired) electrons. The van der Waals surface area contributed by atoms with Crippen LogP contribution < -0.4 is 10.6 Å². The summed E-state index contributed by atoms with van der Waals surface area (Å²) < 4.78 is 0. The number of hydrogen-bond acceptors (Lipinski definition) is 7. The van der Waals surface area contributed by atoms with Gasteiger partial charge in [-0.1, -0.05) is 24.3 Å². The molecule has 2 aromatic carbocycles. The van der Waals surface area contributed by atoms with Gasteiger partial charge >= 0.3 is 0 Å². The van der Waals surface area contributed by atoms with E-state index >= 15 is 0 Å². The summed E-state index contributed by atoms with van der Waals surface area (Å²) in [6.07, 6.45) is 0.782. The summed E-state index contributed by atoms with van der Waals surface area (Å²) in [5, 5.41) is 6.24. The van der Waals surface area contributed by atoms with Crippen LogP contribution in [0.2, 0.25) is 0 Å². The van der Waals surface area contributed by atoms with Crippen molar-refractivity contribution in [2.75, 3.05) is 10.6 Å². The van der Waals surface area contributed by atoms with Gasteiger partial charge in [0.05, 0.1) is 5.69 Å². The van der Waals surface area contributed by atoms with E-state index in [1.165, 1.54) is 0 Å². The van der Waals surface area contributed by atoms with Crippen molar-refractivity contribution < 1.29 is 4.79 Å². The lowest BCUT2D eigenvalue weighted by atomic mass is 10.2. The normalized spacial score (nSPS) is 10.2. The van der Waals surface area contributed by atoms with Crippen molar-refractivity contribution in [1.29, 1.82) is 0 Å². The Morgan fingerprint density at radius 1 is 0.963 bits per heavy atom. The summed E-state index contributed by atoms with van der Waals surface area (Å²) >= 11 is 0. The van der Waals surface area contributed by atoms with Gasteiger partial charge in [-0.05, 0) is 50.6 Å². The molecule has 0 saturated heterocycles. The maximum atomic E-state index is 11.2. The number of carbonyl (C=O) groups excluding carboxylic acids is 1. The van der Waals surface area contributed by atoms with Crippen molar-refractivity contribution in [1.82, 2.24) is 15.0 Å². The van der Waals surface area contributed by atoms with E-state index in [9.17, 15) is 4.79 Å². The first kappa shape index (κ1) is 18.2. The Morgan fingerprint density at radius 2 is 1.70 bits per heavy atom. The molecule has 0 fully saturated rings. The van der Waals surface area contributed by atoms with Crippen LogP contribution in [0.15, 0.2) is 53.5 Å². The van der Waals surface area contributed by atoms with E-state index in [1.807, 2.05) is 51.1 Å². The first-order valence-corrected chi connectivity index (χ1v) is 8.46. The molecule has 0 atom stereocenters. The number of aryl methyl sites for hydroxylation is 1. The van der Waals surface area contributed by atoms with Gasteiger partial charge in [0.1, 0.15) is 0 Å². The largest absolute Gasteiger partial charge is 0.324 e. The second kappa shape index (κ2) is 8.18. The fourth-order valence-corrected chi connectivity index (χ4v) is 2.41. The maximum absolute atomic E-state index is 11.2. The molecule has 0 aliphatic carbocycles. The summed E-state index contributed by atoms with van der Waals surface area (Å²) in [5.74, 6) is 0.947. The first-order chi connectivity index (χ1) is 13.0. The molecule has 0 unspecified atom stereocenters. The van der Waals surface area contributed by atoms with Gasteiger partial charge in [0.25, 0.3) is 5.95 Å². The Bertz CT molecular complexity index is 995. The van der Waals surface area contributed by atoms with Gasteiger partial charge in [-0.3, -0.25) is 4.79 Å². The number of anilines is 4. The van der Waals surface area contributed by atoms with Crippen molar-refractivity contribution in [2.24, 2.45) is 4.99 Å². The molecule has 0 bridgehead atoms. The van der Waals surface area contributed by atoms with Crippen molar-refractivity contribution >= 4 is 41.2 Å². The molecule has 0 aliphatic rings. The van der Waals surface area contributed by atoms with E-state index in [1.54, 1.807) is 18.2 Å². The molecule has 1 aromatic heterocycles. The zero-order valence-electron chi connectivity index (χ0n) is 15.4. The number of nitrogens with one attached hydrogen (secondary N) is 2. The second-order valence-electron chi connectivity index (χ2n) is 6.17. The van der Waals surface area contributed by atoms with E-state index in [0.717, 1.165) is 23.2 Å². The van der Waals surface area contributed by atoms with E-state index in [-0.39, 0.29) is 5.95 Å². The molecule has 7 nitrogen and oxygen atoms in total. The van der Waals surface area contributed by atoms with Gasteiger partial charge in [0.2, 0.25) is 11.9 Å². The standard InChI is InChI=1S/C20H20N6O/c1-13(2)21-18-24-19(22-16-9-6-7-14(3)11-16)26-20(25-18)23-17-10-5-4-8-15(17)12-27/h4-12H,1-3H3,(H2,22,23,24,25,26). The summed E-state index contributed by atoms with van der Waals surface area (Å²) in [7, 11) is 0. The molecule has 7 heteroatoms. The first-order valence-electron chi connectivity index (χ1n) is 8.46. The fourth-order valence-electron chi connectivity index (χ4n) is 2.41. The summed E-state index contributed by atoms with van der Waals surface area (Å²) in [5.41, 5.74) is 3.94. The second-order valence-corrected chi connectivity index (χ2v) is 6.17. The highest BCUT2D eigenvalue weighted by molar-refractivity contribution is 5.85. The summed E-state index contributed by atoms with van der Waals surface area (Å²) in [4.78, 5) is 28.7. The van der Waals surface area contributed by atoms with Gasteiger partial charge in [-0.25, -0.2) is 4.99 Å². The van der Waals surface area contributed by atoms with Crippen LogP contribution in [-0.2, 0) is 0 Å². The van der Waals surface area contributed by atoms with Gasteiger partial charge in [-0.15, -0.1) is 0 Å². The number of aromatic nitrogens is 3. The van der Waals surface area contributed by atoms with Crippen LogP contribution in [0.3, 0.4) is 0 Å². The highest BCUT2D eigenvalue weighted by Gasteiger charge is 2.09. The summed E-state index contributed by atoms with van der Waals surface area (Å²) in [6.45, 7) is 5.75. The third-order valence-electron chi connectivity index (χ3n) is 3.56. The lowest BCUT2D eigenvalue weighted by molar-refractivity contribution is 0.112. The van der Waals surface area contributed by atoms with Crippen molar-refractivity contribution in [3.63, 3.8) is 0 Å². The Hall–Kier alpha value is -3.61. The van der Waals surface area contributed by atoms with Crippen molar-refractivity contribution in [3.05, 3.63) is 59.7 Å². The lowest BCUT2D eigenvalue weighted by Gasteiger charge is -2.10. The minimum atomic E-state index is 0.284. The third-order valence-corrected chi connectivity index (χ3v) is 3.56. The number of rotatable bonds is 6. The Kier molecular flexibility index (Phi) is 5.51. The smallest absolute Gasteiger partial charge is 0.255 e. The fraction of sp³-hybridized carbons (Fsp3) is 0.150. The highest BCUT2D eigenvalue weighted by Crippen LogP contribution is 2.22. The number of carbonyl (C=O) groups is 1. The van der Waals surface area contributed by atoms with Crippen LogP contribution in [0.4, 0.5) is 29.2 Å². The van der Waals surface area contributed by atoms with E-state index in [4.69, 9.17) is 0 Å². The lowest BCUT2D eigenvalue weighted by Crippen LogP contribution is -2.05. The highest BCUT2D eigenvalue weighted by atomic mass is 16.1. The number of aliphatic imine (C=N–C) groups is 1. The predicted octanol–water partition coefficient (Wildman–Crippen LogP) is 4.59. The zero-order valence-corrected chi connectivity index (χ0v) is 15.4. The molecule has 27 heavy (non-hydrogen) atoms. The molecule has 136 valence electrons. The molecule has 0 saturated carbocycles. The number of hydrogen-bond donors (Lipinski definition) is 2. The Balaban J connectivity index is 1.97. The van der Waals surface area contributed by atoms with Crippen LogP contribution in [0, 0.1) is 6.92 Å². The van der Waals surface area contributed by atoms with Gasteiger partial charge in [-0.2, -0.15) is 15.0 Å². The minimum absolute atomic E-state index is 0.284. The van der Waals surface area contributed by atoms with Crippen LogP contribution in [0.25, 0.3) is 0 Å². The average Bonchev–Trinajstić information content (AvgIpc) is 2.61. The molecule has 0 spiro atoms. The SMILES string of the molecule is CC(C)=Nc1nc(Nc2cccc(C)c2)nc(Nc2ccccc2C=O)n1. The quantitative estimate of drug-likeness (QED) is 0.493. The van der Waals surface area contributed by atoms with Crippen molar-refractivity contribution in [2.45, 2.75) is 20.8 Å². The molecule has 1 heterocycles. The van der Waals surface area contributed by atoms with Crippen LogP contribution in [-0.4, -0.2) is 26.9 Å². The van der Waals surface area contributed by atoms with E-state index in [0.29, 0.717) is 23.1 Å². The van der Waals surface area contributed by atoms with Gasteiger partial charge in [0.15, 0.2) is 6.29 Å². The molecular weight excluding hydrogens is 340 g/mol. The molecule has 0 amide bonds. The zero-order chi connectivity index (χ0) is 19.2. The van der Waals surface area contributed by atoms with Gasteiger partial charge < -0.3 is 10.6 Å². The minimum Gasteiger partial charge on any atom is -0.324 e. The van der Waals surface area contributed by atoms with Gasteiger partial charge in [0, 0.05) is 17.0 Å². The third kappa shape index (κ3) is 4.94. The van der Waals surface area contributed by atoms with Crippen LogP contribution >= 0.6 is 0 Å². The monoisotopic (exact) mass is 360 g/mol. The molecular formula is C20H20N6O. The molecule has 2 N–H and O–H groups in total. The number of nitrogens with zero attached hydrogens (tertiary/aromatic N) is 4. The van der Waals surface area contributed by atoms with Crippen LogP contribution in [0.5, 0.6) is 0 Å². The van der Waals surface area contributed by atoms with Crippen LogP contribution in [0.1, 0.15) is 29.8 Å². The molecule has 3 rings (SSSR count). The molecule has 3 aromatic rings. The summed E-state index contributed by atoms with van der Waals surface area (Å²) in [6, 6.07) is 15.0. The Morgan fingerprint density at radius 3 is 2.41 bits per heavy atom. The van der Waals surface area contributed by atoms with E-state index in [2.05, 4.69) is 30.6 Å². The molecule has 0 aliphatic heterocycles. The maximum Gasteiger partial charge on any atom is 0.255 e. The van der Waals surface area contributed by atoms with Crippen molar-refractivity contribution in [3.8, 4) is 0 Å². The Labute approximate surface area is 157 Å². The number of benzene rings is 2. The topological polar surface area (TPSA) is 92.2 Å².